The predicted molar refractivity (Wildman–Crippen MR) is 63.3 cm³/mol. The number of nitro groups is 1. The Balaban J connectivity index is 3.54. The van der Waals surface area contributed by atoms with E-state index in [4.69, 9.17) is 21.6 Å². The van der Waals surface area contributed by atoms with Gasteiger partial charge in [-0.15, -0.1) is 11.6 Å². The Labute approximate surface area is 108 Å². The monoisotopic (exact) mass is 268 g/mol. The van der Waals surface area contributed by atoms with E-state index < -0.39 is 16.6 Å². The number of nitrogens with zero attached hydrogens (tertiary/aromatic N) is 2. The van der Waals surface area contributed by atoms with Crippen LogP contribution in [0.15, 0.2) is 12.1 Å². The first-order valence-corrected chi connectivity index (χ1v) is 5.53. The van der Waals surface area contributed by atoms with E-state index in [1.807, 2.05) is 0 Å². The van der Waals surface area contributed by atoms with Gasteiger partial charge in [-0.25, -0.2) is 4.79 Å². The highest BCUT2D eigenvalue weighted by Gasteiger charge is 2.27. The van der Waals surface area contributed by atoms with Crippen molar-refractivity contribution in [3.63, 3.8) is 0 Å². The number of hydrogen-bond donors (Lipinski definition) is 0. The Bertz CT molecular complexity index is 537. The van der Waals surface area contributed by atoms with E-state index in [0.29, 0.717) is 5.56 Å². The van der Waals surface area contributed by atoms with Gasteiger partial charge < -0.3 is 4.74 Å². The van der Waals surface area contributed by atoms with Crippen LogP contribution in [0.2, 0.25) is 0 Å². The molecule has 7 heteroatoms. The smallest absolute Gasteiger partial charge is 0.346 e. The summed E-state index contributed by atoms with van der Waals surface area (Å²) < 4.78 is 4.72. The van der Waals surface area contributed by atoms with Gasteiger partial charge in [0, 0.05) is 11.9 Å². The van der Waals surface area contributed by atoms with Gasteiger partial charge in [-0.05, 0) is 18.6 Å². The van der Waals surface area contributed by atoms with Crippen LogP contribution in [0.3, 0.4) is 0 Å². The SMILES string of the molecule is CCOC(=O)c1c([N+](=O)[O-])ccc(CCl)c1C#N. The third-order valence-electron chi connectivity index (χ3n) is 2.20. The maximum atomic E-state index is 11.7. The summed E-state index contributed by atoms with van der Waals surface area (Å²) in [5.41, 5.74) is -0.563. The van der Waals surface area contributed by atoms with Gasteiger partial charge in [0.05, 0.1) is 17.1 Å². The Morgan fingerprint density at radius 1 is 1.61 bits per heavy atom. The average Bonchev–Trinajstić information content (AvgIpc) is 2.36. The second kappa shape index (κ2) is 5.98. The molecule has 0 unspecified atom stereocenters. The molecule has 0 saturated heterocycles. The molecule has 18 heavy (non-hydrogen) atoms. The second-order valence-corrected chi connectivity index (χ2v) is 3.48. The molecule has 0 atom stereocenters. The molecule has 0 spiro atoms. The number of ether oxygens (including phenoxy) is 1. The number of rotatable bonds is 4. The van der Waals surface area contributed by atoms with E-state index in [9.17, 15) is 14.9 Å². The highest BCUT2D eigenvalue weighted by Crippen LogP contribution is 2.27. The molecule has 0 aliphatic rings. The minimum Gasteiger partial charge on any atom is -0.462 e. The molecule has 0 aliphatic heterocycles. The molecule has 1 aromatic carbocycles. The quantitative estimate of drug-likeness (QED) is 0.362. The van der Waals surface area contributed by atoms with Crippen LogP contribution in [-0.4, -0.2) is 17.5 Å². The van der Waals surface area contributed by atoms with Gasteiger partial charge >= 0.3 is 5.97 Å². The van der Waals surface area contributed by atoms with Gasteiger partial charge in [0.25, 0.3) is 5.69 Å². The van der Waals surface area contributed by atoms with Crippen molar-refractivity contribution in [3.8, 4) is 6.07 Å². The van der Waals surface area contributed by atoms with Gasteiger partial charge in [-0.3, -0.25) is 10.1 Å². The number of esters is 1. The van der Waals surface area contributed by atoms with Gasteiger partial charge in [0.2, 0.25) is 0 Å². The number of alkyl halides is 1. The van der Waals surface area contributed by atoms with E-state index in [1.165, 1.54) is 6.07 Å². The standard InChI is InChI=1S/C11H9ClN2O4/c1-2-18-11(15)10-8(6-13)7(5-12)3-4-9(10)14(16)17/h3-4H,2,5H2,1H3. The molecule has 0 aliphatic carbocycles. The maximum Gasteiger partial charge on any atom is 0.346 e. The third-order valence-corrected chi connectivity index (χ3v) is 2.49. The molecule has 6 nitrogen and oxygen atoms in total. The number of halogens is 1. The first kappa shape index (κ1) is 13.9. The molecule has 0 fully saturated rings. The van der Waals surface area contributed by atoms with E-state index in [2.05, 4.69) is 0 Å². The maximum absolute atomic E-state index is 11.7. The number of nitro benzene ring substituents is 1. The Kier molecular flexibility index (Phi) is 4.63. The molecular formula is C11H9ClN2O4. The summed E-state index contributed by atoms with van der Waals surface area (Å²) in [6, 6.07) is 4.26. The lowest BCUT2D eigenvalue weighted by Gasteiger charge is -2.07. The summed E-state index contributed by atoms with van der Waals surface area (Å²) in [4.78, 5) is 21.8. The molecule has 94 valence electrons. The third kappa shape index (κ3) is 2.57. The van der Waals surface area contributed by atoms with Crippen LogP contribution in [0.1, 0.15) is 28.4 Å². The van der Waals surface area contributed by atoms with Crippen molar-refractivity contribution < 1.29 is 14.5 Å². The van der Waals surface area contributed by atoms with Gasteiger partial charge in [0.1, 0.15) is 6.07 Å². The molecule has 1 rings (SSSR count). The molecule has 1 aromatic rings. The molecular weight excluding hydrogens is 260 g/mol. The van der Waals surface area contributed by atoms with Crippen LogP contribution in [0.25, 0.3) is 0 Å². The predicted octanol–water partition coefficient (Wildman–Crippen LogP) is 2.38. The van der Waals surface area contributed by atoms with Gasteiger partial charge in [-0.1, -0.05) is 0 Å². The Hall–Kier alpha value is -2.13. The Morgan fingerprint density at radius 3 is 2.72 bits per heavy atom. The van der Waals surface area contributed by atoms with Crippen LogP contribution < -0.4 is 0 Å². The fourth-order valence-corrected chi connectivity index (χ4v) is 1.66. The van der Waals surface area contributed by atoms with Crippen LogP contribution in [-0.2, 0) is 10.6 Å². The average molecular weight is 269 g/mol. The lowest BCUT2D eigenvalue weighted by atomic mass is 10.0. The first-order chi connectivity index (χ1) is 8.56. The molecule has 0 amide bonds. The largest absolute Gasteiger partial charge is 0.462 e. The fraction of sp³-hybridized carbons (Fsp3) is 0.273. The zero-order valence-electron chi connectivity index (χ0n) is 9.47. The zero-order valence-corrected chi connectivity index (χ0v) is 10.2. The zero-order chi connectivity index (χ0) is 13.7. The number of carbonyl (C=O) groups excluding carboxylic acids is 1. The number of hydrogen-bond acceptors (Lipinski definition) is 5. The van der Waals surface area contributed by atoms with Gasteiger partial charge in [-0.2, -0.15) is 5.26 Å². The van der Waals surface area contributed by atoms with Gasteiger partial charge in [0.15, 0.2) is 5.56 Å². The molecule has 0 radical (unpaired) electrons. The fourth-order valence-electron chi connectivity index (χ4n) is 1.44. The second-order valence-electron chi connectivity index (χ2n) is 3.22. The molecule has 0 N–H and O–H groups in total. The minimum absolute atomic E-state index is 0.0205. The summed E-state index contributed by atoms with van der Waals surface area (Å²) in [6.45, 7) is 1.63. The number of benzene rings is 1. The normalized spacial score (nSPS) is 9.61. The highest BCUT2D eigenvalue weighted by atomic mass is 35.5. The van der Waals surface area contributed by atoms with E-state index in [0.717, 1.165) is 6.07 Å². The van der Waals surface area contributed by atoms with Crippen molar-refractivity contribution in [2.75, 3.05) is 6.61 Å². The van der Waals surface area contributed by atoms with E-state index >= 15 is 0 Å². The van der Waals surface area contributed by atoms with E-state index in [1.54, 1.807) is 13.0 Å². The number of nitriles is 1. The first-order valence-electron chi connectivity index (χ1n) is 5.00. The summed E-state index contributed by atoms with van der Waals surface area (Å²) in [5, 5.41) is 19.9. The van der Waals surface area contributed by atoms with E-state index in [-0.39, 0.29) is 23.6 Å². The highest BCUT2D eigenvalue weighted by molar-refractivity contribution is 6.17. The topological polar surface area (TPSA) is 93.2 Å². The Morgan fingerprint density at radius 2 is 2.28 bits per heavy atom. The van der Waals surface area contributed by atoms with Crippen molar-refractivity contribution in [3.05, 3.63) is 38.9 Å². The summed E-state index contributed by atoms with van der Waals surface area (Å²) in [6.07, 6.45) is 0. The molecule has 0 saturated carbocycles. The summed E-state index contributed by atoms with van der Waals surface area (Å²) in [5.74, 6) is -0.916. The number of carbonyl (C=O) groups is 1. The van der Waals surface area contributed by atoms with Crippen molar-refractivity contribution in [1.29, 1.82) is 5.26 Å². The van der Waals surface area contributed by atoms with Crippen LogP contribution in [0, 0.1) is 21.4 Å². The van der Waals surface area contributed by atoms with Crippen molar-refractivity contribution in [2.45, 2.75) is 12.8 Å². The van der Waals surface area contributed by atoms with Crippen LogP contribution in [0.5, 0.6) is 0 Å². The molecule has 0 heterocycles. The van der Waals surface area contributed by atoms with Crippen LogP contribution in [0.4, 0.5) is 5.69 Å². The van der Waals surface area contributed by atoms with Crippen molar-refractivity contribution in [1.82, 2.24) is 0 Å². The molecule has 0 bridgehead atoms. The lowest BCUT2D eigenvalue weighted by Crippen LogP contribution is -2.11. The molecule has 0 aromatic heterocycles. The lowest BCUT2D eigenvalue weighted by molar-refractivity contribution is -0.385. The summed E-state index contributed by atoms with van der Waals surface area (Å²) in [7, 11) is 0. The minimum atomic E-state index is -0.896. The van der Waals surface area contributed by atoms with Crippen molar-refractivity contribution in [2.24, 2.45) is 0 Å². The van der Waals surface area contributed by atoms with Crippen molar-refractivity contribution >= 4 is 23.3 Å². The van der Waals surface area contributed by atoms with Crippen LogP contribution >= 0.6 is 11.6 Å². The summed E-state index contributed by atoms with van der Waals surface area (Å²) >= 11 is 5.62.